The first kappa shape index (κ1) is 16.4. The van der Waals surface area contributed by atoms with Crippen molar-refractivity contribution in [2.75, 3.05) is 33.5 Å². The summed E-state index contributed by atoms with van der Waals surface area (Å²) in [7, 11) is 1.66. The van der Waals surface area contributed by atoms with Crippen LogP contribution in [0.1, 0.15) is 18.4 Å². The molecule has 0 aliphatic rings. The molecule has 0 fully saturated rings. The van der Waals surface area contributed by atoms with Crippen LogP contribution in [0.25, 0.3) is 0 Å². The van der Waals surface area contributed by atoms with Crippen LogP contribution < -0.4 is 5.32 Å². The lowest BCUT2D eigenvalue weighted by Crippen LogP contribution is -2.15. The SMILES string of the molecule is COCCOCCCCNCc1ccc(F)cc1Cl. The molecule has 108 valence electrons. The first-order chi connectivity index (χ1) is 9.24. The first-order valence-electron chi connectivity index (χ1n) is 6.45. The molecule has 1 N–H and O–H groups in total. The molecule has 0 spiro atoms. The summed E-state index contributed by atoms with van der Waals surface area (Å²) in [5, 5.41) is 3.74. The molecule has 0 unspecified atom stereocenters. The molecule has 1 aromatic carbocycles. The fourth-order valence-electron chi connectivity index (χ4n) is 1.59. The van der Waals surface area contributed by atoms with Gasteiger partial charge >= 0.3 is 0 Å². The smallest absolute Gasteiger partial charge is 0.124 e. The number of unbranched alkanes of at least 4 members (excludes halogenated alkanes) is 1. The Morgan fingerprint density at radius 1 is 1.21 bits per heavy atom. The van der Waals surface area contributed by atoms with Crippen molar-refractivity contribution in [3.63, 3.8) is 0 Å². The number of rotatable bonds is 10. The molecule has 1 rings (SSSR count). The average molecular weight is 290 g/mol. The Kier molecular flexibility index (Phi) is 8.75. The molecule has 0 amide bonds. The van der Waals surface area contributed by atoms with E-state index in [0.717, 1.165) is 31.6 Å². The van der Waals surface area contributed by atoms with Gasteiger partial charge in [0.15, 0.2) is 0 Å². The molecular weight excluding hydrogens is 269 g/mol. The van der Waals surface area contributed by atoms with E-state index >= 15 is 0 Å². The van der Waals surface area contributed by atoms with E-state index in [4.69, 9.17) is 21.1 Å². The minimum absolute atomic E-state index is 0.304. The quantitative estimate of drug-likeness (QED) is 0.672. The van der Waals surface area contributed by atoms with Gasteiger partial charge in [-0.15, -0.1) is 0 Å². The van der Waals surface area contributed by atoms with Crippen LogP contribution >= 0.6 is 11.6 Å². The van der Waals surface area contributed by atoms with E-state index in [9.17, 15) is 4.39 Å². The summed E-state index contributed by atoms with van der Waals surface area (Å²) in [5.74, 6) is -0.304. The van der Waals surface area contributed by atoms with Gasteiger partial charge in [-0.05, 0) is 37.1 Å². The molecule has 3 nitrogen and oxygen atoms in total. The number of ether oxygens (including phenoxy) is 2. The maximum Gasteiger partial charge on any atom is 0.124 e. The molecule has 0 saturated carbocycles. The lowest BCUT2D eigenvalue weighted by Gasteiger charge is -2.07. The maximum atomic E-state index is 12.8. The number of methoxy groups -OCH3 is 1. The van der Waals surface area contributed by atoms with Crippen molar-refractivity contribution in [2.45, 2.75) is 19.4 Å². The summed E-state index contributed by atoms with van der Waals surface area (Å²) in [6, 6.07) is 4.47. The van der Waals surface area contributed by atoms with E-state index < -0.39 is 0 Å². The third-order valence-corrected chi connectivity index (χ3v) is 3.01. The van der Waals surface area contributed by atoms with Crippen LogP contribution in [-0.4, -0.2) is 33.5 Å². The molecule has 0 bridgehead atoms. The van der Waals surface area contributed by atoms with Crippen molar-refractivity contribution in [2.24, 2.45) is 0 Å². The monoisotopic (exact) mass is 289 g/mol. The minimum atomic E-state index is -0.304. The number of nitrogens with one attached hydrogen (secondary N) is 1. The van der Waals surface area contributed by atoms with E-state index in [0.29, 0.717) is 24.8 Å². The summed E-state index contributed by atoms with van der Waals surface area (Å²) < 4.78 is 23.1. The predicted molar refractivity (Wildman–Crippen MR) is 75.0 cm³/mol. The highest BCUT2D eigenvalue weighted by Gasteiger charge is 2.01. The molecule has 0 aliphatic carbocycles. The van der Waals surface area contributed by atoms with Gasteiger partial charge in [0.1, 0.15) is 5.82 Å². The van der Waals surface area contributed by atoms with Crippen LogP contribution in [0.5, 0.6) is 0 Å². The van der Waals surface area contributed by atoms with E-state index in [1.807, 2.05) is 0 Å². The zero-order chi connectivity index (χ0) is 13.9. The van der Waals surface area contributed by atoms with Crippen molar-refractivity contribution >= 4 is 11.6 Å². The second kappa shape index (κ2) is 10.1. The van der Waals surface area contributed by atoms with Crippen molar-refractivity contribution in [3.8, 4) is 0 Å². The van der Waals surface area contributed by atoms with Gasteiger partial charge in [0.2, 0.25) is 0 Å². The Morgan fingerprint density at radius 2 is 2.05 bits per heavy atom. The van der Waals surface area contributed by atoms with Gasteiger partial charge in [0.05, 0.1) is 13.2 Å². The van der Waals surface area contributed by atoms with Crippen molar-refractivity contribution in [1.82, 2.24) is 5.32 Å². The van der Waals surface area contributed by atoms with Crippen LogP contribution in [0, 0.1) is 5.82 Å². The molecule has 0 atom stereocenters. The van der Waals surface area contributed by atoms with E-state index in [-0.39, 0.29) is 5.82 Å². The molecule has 19 heavy (non-hydrogen) atoms. The highest BCUT2D eigenvalue weighted by atomic mass is 35.5. The van der Waals surface area contributed by atoms with E-state index in [1.165, 1.54) is 12.1 Å². The molecule has 0 radical (unpaired) electrons. The summed E-state index contributed by atoms with van der Waals surface area (Å²) in [6.45, 7) is 3.59. The van der Waals surface area contributed by atoms with Gasteiger partial charge in [-0.1, -0.05) is 17.7 Å². The van der Waals surface area contributed by atoms with Gasteiger partial charge in [-0.2, -0.15) is 0 Å². The molecule has 0 aliphatic heterocycles. The van der Waals surface area contributed by atoms with Crippen LogP contribution in [-0.2, 0) is 16.0 Å². The normalized spacial score (nSPS) is 10.9. The zero-order valence-corrected chi connectivity index (χ0v) is 12.0. The third-order valence-electron chi connectivity index (χ3n) is 2.65. The number of hydrogen-bond donors (Lipinski definition) is 1. The van der Waals surface area contributed by atoms with Crippen molar-refractivity contribution in [3.05, 3.63) is 34.6 Å². The van der Waals surface area contributed by atoms with Crippen LogP contribution in [0.2, 0.25) is 5.02 Å². The Hall–Kier alpha value is -0.680. The van der Waals surface area contributed by atoms with E-state index in [2.05, 4.69) is 5.32 Å². The van der Waals surface area contributed by atoms with Gasteiger partial charge in [-0.3, -0.25) is 0 Å². The summed E-state index contributed by atoms with van der Waals surface area (Å²) in [5.41, 5.74) is 0.916. The standard InChI is InChI=1S/C14H21ClFNO2/c1-18-8-9-19-7-3-2-6-17-11-12-4-5-13(16)10-14(12)15/h4-5,10,17H,2-3,6-9,11H2,1H3. The summed E-state index contributed by atoms with van der Waals surface area (Å²) >= 11 is 5.93. The summed E-state index contributed by atoms with van der Waals surface area (Å²) in [4.78, 5) is 0. The fraction of sp³-hybridized carbons (Fsp3) is 0.571. The average Bonchev–Trinajstić information content (AvgIpc) is 2.39. The molecule has 5 heteroatoms. The van der Waals surface area contributed by atoms with Gasteiger partial charge in [0, 0.05) is 25.3 Å². The fourth-order valence-corrected chi connectivity index (χ4v) is 1.82. The van der Waals surface area contributed by atoms with Gasteiger partial charge < -0.3 is 14.8 Å². The lowest BCUT2D eigenvalue weighted by atomic mass is 10.2. The molecule has 0 saturated heterocycles. The second-order valence-electron chi connectivity index (χ2n) is 4.22. The van der Waals surface area contributed by atoms with Crippen LogP contribution in [0.3, 0.4) is 0 Å². The highest BCUT2D eigenvalue weighted by molar-refractivity contribution is 6.31. The Labute approximate surface area is 119 Å². The third kappa shape index (κ3) is 7.47. The topological polar surface area (TPSA) is 30.5 Å². The minimum Gasteiger partial charge on any atom is -0.382 e. The van der Waals surface area contributed by atoms with Gasteiger partial charge in [0.25, 0.3) is 0 Å². The molecule has 1 aromatic rings. The maximum absolute atomic E-state index is 12.8. The zero-order valence-electron chi connectivity index (χ0n) is 11.3. The molecule has 0 heterocycles. The van der Waals surface area contributed by atoms with Crippen LogP contribution in [0.4, 0.5) is 4.39 Å². The Bertz CT molecular complexity index is 363. The summed E-state index contributed by atoms with van der Waals surface area (Å²) in [6.07, 6.45) is 2.04. The first-order valence-corrected chi connectivity index (χ1v) is 6.83. The predicted octanol–water partition coefficient (Wildman–Crippen LogP) is 3.01. The Balaban J connectivity index is 2.01. The second-order valence-corrected chi connectivity index (χ2v) is 4.63. The highest BCUT2D eigenvalue weighted by Crippen LogP contribution is 2.16. The molecular formula is C14H21ClFNO2. The van der Waals surface area contributed by atoms with Crippen molar-refractivity contribution in [1.29, 1.82) is 0 Å². The number of hydrogen-bond acceptors (Lipinski definition) is 3. The van der Waals surface area contributed by atoms with Crippen LogP contribution in [0.15, 0.2) is 18.2 Å². The lowest BCUT2D eigenvalue weighted by molar-refractivity contribution is 0.0688. The van der Waals surface area contributed by atoms with Crippen molar-refractivity contribution < 1.29 is 13.9 Å². The molecule has 0 aromatic heterocycles. The Morgan fingerprint density at radius 3 is 2.79 bits per heavy atom. The van der Waals surface area contributed by atoms with Gasteiger partial charge in [-0.25, -0.2) is 4.39 Å². The number of benzene rings is 1. The largest absolute Gasteiger partial charge is 0.382 e. The number of halogens is 2. The van der Waals surface area contributed by atoms with E-state index in [1.54, 1.807) is 13.2 Å².